The van der Waals surface area contributed by atoms with Crippen LogP contribution in [-0.2, 0) is 26.2 Å². The van der Waals surface area contributed by atoms with Crippen molar-refractivity contribution in [1.82, 2.24) is 10.2 Å². The number of anilines is 1. The summed E-state index contributed by atoms with van der Waals surface area (Å²) in [7, 11) is -3.80. The summed E-state index contributed by atoms with van der Waals surface area (Å²) in [5.74, 6) is -0.806. The molecule has 1 atom stereocenters. The van der Waals surface area contributed by atoms with Crippen molar-refractivity contribution in [3.8, 4) is 0 Å². The van der Waals surface area contributed by atoms with E-state index in [9.17, 15) is 18.0 Å². The molecule has 0 aliphatic heterocycles. The Bertz CT molecular complexity index is 1250. The molecule has 2 aromatic rings. The van der Waals surface area contributed by atoms with E-state index in [0.29, 0.717) is 21.3 Å². The van der Waals surface area contributed by atoms with Gasteiger partial charge < -0.3 is 10.2 Å². The van der Waals surface area contributed by atoms with Gasteiger partial charge in [0.05, 0.1) is 11.9 Å². The number of carbonyl (C=O) groups is 2. The molecule has 0 radical (unpaired) electrons. The molecule has 37 heavy (non-hydrogen) atoms. The molecule has 7 nitrogen and oxygen atoms in total. The fourth-order valence-corrected chi connectivity index (χ4v) is 5.94. The Balaban J connectivity index is 1.91. The van der Waals surface area contributed by atoms with Gasteiger partial charge in [0.25, 0.3) is 0 Å². The number of rotatable bonds is 9. The third-order valence-corrected chi connectivity index (χ3v) is 9.20. The second-order valence-electron chi connectivity index (χ2n) is 9.48. The van der Waals surface area contributed by atoms with E-state index in [0.717, 1.165) is 52.7 Å². The molecule has 0 spiro atoms. The predicted molar refractivity (Wildman–Crippen MR) is 153 cm³/mol. The highest BCUT2D eigenvalue weighted by Gasteiger charge is 2.31. The SMILES string of the molecule is Cc1cc(N(CC(=O)N(Cc2ccc(Cl)cc2Cl)C(C)C(=O)NC2CCCCC2)S(C)(=O)=O)ccc1Br. The van der Waals surface area contributed by atoms with Crippen LogP contribution in [0, 0.1) is 6.92 Å². The van der Waals surface area contributed by atoms with Crippen LogP contribution in [0.15, 0.2) is 40.9 Å². The van der Waals surface area contributed by atoms with Gasteiger partial charge in [-0.2, -0.15) is 0 Å². The minimum Gasteiger partial charge on any atom is -0.352 e. The van der Waals surface area contributed by atoms with E-state index in [1.165, 1.54) is 4.90 Å². The molecule has 2 amide bonds. The fourth-order valence-electron chi connectivity index (χ4n) is 4.38. The summed E-state index contributed by atoms with van der Waals surface area (Å²) in [4.78, 5) is 28.3. The average molecular weight is 633 g/mol. The Kier molecular flexibility index (Phi) is 10.3. The number of nitrogens with zero attached hydrogens (tertiary/aromatic N) is 2. The van der Waals surface area contributed by atoms with Crippen LogP contribution in [0.25, 0.3) is 0 Å². The lowest BCUT2D eigenvalue weighted by Crippen LogP contribution is -2.53. The zero-order valence-electron chi connectivity index (χ0n) is 21.1. The lowest BCUT2D eigenvalue weighted by molar-refractivity contribution is -0.139. The van der Waals surface area contributed by atoms with Crippen LogP contribution in [0.3, 0.4) is 0 Å². The third-order valence-electron chi connectivity index (χ3n) is 6.58. The third kappa shape index (κ3) is 8.09. The van der Waals surface area contributed by atoms with E-state index in [-0.39, 0.29) is 18.5 Å². The highest BCUT2D eigenvalue weighted by molar-refractivity contribution is 9.10. The molecule has 202 valence electrons. The summed E-state index contributed by atoms with van der Waals surface area (Å²) >= 11 is 15.9. The highest BCUT2D eigenvalue weighted by Crippen LogP contribution is 2.27. The van der Waals surface area contributed by atoms with Gasteiger partial charge in [0.2, 0.25) is 21.8 Å². The molecule has 11 heteroatoms. The predicted octanol–water partition coefficient (Wildman–Crippen LogP) is 5.70. The lowest BCUT2D eigenvalue weighted by atomic mass is 9.95. The summed E-state index contributed by atoms with van der Waals surface area (Å²) in [5, 5.41) is 3.87. The van der Waals surface area contributed by atoms with Gasteiger partial charge in [0.1, 0.15) is 12.6 Å². The number of halogens is 3. The molecule has 1 N–H and O–H groups in total. The van der Waals surface area contributed by atoms with Crippen molar-refractivity contribution in [1.29, 1.82) is 0 Å². The molecule has 0 aromatic heterocycles. The second-order valence-corrected chi connectivity index (χ2v) is 13.1. The molecule has 3 rings (SSSR count). The number of nitrogens with one attached hydrogen (secondary N) is 1. The topological polar surface area (TPSA) is 86.8 Å². The van der Waals surface area contributed by atoms with Gasteiger partial charge in [0, 0.05) is 27.1 Å². The van der Waals surface area contributed by atoms with E-state index in [4.69, 9.17) is 23.2 Å². The van der Waals surface area contributed by atoms with Crippen molar-refractivity contribution in [2.24, 2.45) is 0 Å². The number of hydrogen-bond acceptors (Lipinski definition) is 4. The first-order valence-corrected chi connectivity index (χ1v) is 15.5. The van der Waals surface area contributed by atoms with Gasteiger partial charge in [-0.15, -0.1) is 0 Å². The lowest BCUT2D eigenvalue weighted by Gasteiger charge is -2.33. The van der Waals surface area contributed by atoms with Crippen LogP contribution in [0.4, 0.5) is 5.69 Å². The van der Waals surface area contributed by atoms with E-state index in [1.54, 1.807) is 43.3 Å². The molecular formula is C26H32BrCl2N3O4S. The molecule has 2 aromatic carbocycles. The smallest absolute Gasteiger partial charge is 0.244 e. The summed E-state index contributed by atoms with van der Waals surface area (Å²) < 4.78 is 27.3. The van der Waals surface area contributed by atoms with E-state index >= 15 is 0 Å². The van der Waals surface area contributed by atoms with E-state index < -0.39 is 28.5 Å². The highest BCUT2D eigenvalue weighted by atomic mass is 79.9. The maximum atomic E-state index is 13.7. The number of amides is 2. The van der Waals surface area contributed by atoms with Crippen LogP contribution in [-0.4, -0.2) is 50.0 Å². The first-order valence-electron chi connectivity index (χ1n) is 12.1. The fraction of sp³-hybridized carbons (Fsp3) is 0.462. The van der Waals surface area contributed by atoms with Crippen LogP contribution in [0.2, 0.25) is 10.0 Å². The Morgan fingerprint density at radius 2 is 1.78 bits per heavy atom. The maximum Gasteiger partial charge on any atom is 0.244 e. The van der Waals surface area contributed by atoms with Crippen LogP contribution >= 0.6 is 39.1 Å². The van der Waals surface area contributed by atoms with Gasteiger partial charge in [-0.25, -0.2) is 8.42 Å². The van der Waals surface area contributed by atoms with Crippen molar-refractivity contribution >= 4 is 66.7 Å². The molecule has 0 bridgehead atoms. The van der Waals surface area contributed by atoms with Crippen molar-refractivity contribution in [3.05, 3.63) is 62.0 Å². The zero-order valence-corrected chi connectivity index (χ0v) is 25.1. The Morgan fingerprint density at radius 3 is 2.38 bits per heavy atom. The number of benzene rings is 2. The normalized spacial score (nSPS) is 15.2. The Labute approximate surface area is 237 Å². The van der Waals surface area contributed by atoms with Gasteiger partial charge in [0.15, 0.2) is 0 Å². The van der Waals surface area contributed by atoms with Crippen molar-refractivity contribution in [2.45, 2.75) is 64.6 Å². The molecule has 1 aliphatic rings. The largest absolute Gasteiger partial charge is 0.352 e. The molecule has 1 aliphatic carbocycles. The second kappa shape index (κ2) is 12.8. The Morgan fingerprint density at radius 1 is 1.11 bits per heavy atom. The zero-order chi connectivity index (χ0) is 27.3. The summed E-state index contributed by atoms with van der Waals surface area (Å²) in [5.41, 5.74) is 1.78. The maximum absolute atomic E-state index is 13.7. The van der Waals surface area contributed by atoms with Crippen LogP contribution < -0.4 is 9.62 Å². The number of hydrogen-bond donors (Lipinski definition) is 1. The van der Waals surface area contributed by atoms with E-state index in [2.05, 4.69) is 21.2 Å². The Hall–Kier alpha value is -1.81. The van der Waals surface area contributed by atoms with Gasteiger partial charge >= 0.3 is 0 Å². The number of carbonyl (C=O) groups excluding carboxylic acids is 2. The van der Waals surface area contributed by atoms with Crippen LogP contribution in [0.1, 0.15) is 50.2 Å². The summed E-state index contributed by atoms with van der Waals surface area (Å²) in [6.07, 6.45) is 6.12. The molecule has 1 saturated carbocycles. The van der Waals surface area contributed by atoms with Gasteiger partial charge in [-0.3, -0.25) is 13.9 Å². The standard InChI is InChI=1S/C26H32BrCl2N3O4S/c1-17-13-22(11-12-23(17)27)32(37(3,35)36)16-25(33)31(15-19-9-10-20(28)14-24(19)29)18(2)26(34)30-21-7-5-4-6-8-21/h9-14,18,21H,4-8,15-16H2,1-3H3,(H,30,34). The first-order chi connectivity index (χ1) is 17.4. The first kappa shape index (κ1) is 29.7. The van der Waals surface area contributed by atoms with E-state index in [1.807, 2.05) is 6.92 Å². The molecule has 0 heterocycles. The summed E-state index contributed by atoms with van der Waals surface area (Å²) in [6.45, 7) is 3.04. The number of aryl methyl sites for hydroxylation is 1. The molecule has 1 fully saturated rings. The van der Waals surface area contributed by atoms with Gasteiger partial charge in [-0.1, -0.05) is 64.5 Å². The molecule has 0 saturated heterocycles. The molecule has 1 unspecified atom stereocenters. The molecular weight excluding hydrogens is 601 g/mol. The average Bonchev–Trinajstić information content (AvgIpc) is 2.83. The quantitative estimate of drug-likeness (QED) is 0.384. The van der Waals surface area contributed by atoms with Crippen molar-refractivity contribution in [2.75, 3.05) is 17.1 Å². The monoisotopic (exact) mass is 631 g/mol. The minimum absolute atomic E-state index is 0.0189. The van der Waals surface area contributed by atoms with Crippen LogP contribution in [0.5, 0.6) is 0 Å². The number of sulfonamides is 1. The van der Waals surface area contributed by atoms with Crippen molar-refractivity contribution < 1.29 is 18.0 Å². The van der Waals surface area contributed by atoms with Crippen molar-refractivity contribution in [3.63, 3.8) is 0 Å². The van der Waals surface area contributed by atoms with Gasteiger partial charge in [-0.05, 0) is 68.1 Å². The minimum atomic E-state index is -3.80. The summed E-state index contributed by atoms with van der Waals surface area (Å²) in [6, 6.07) is 9.20.